The van der Waals surface area contributed by atoms with Crippen LogP contribution in [0.1, 0.15) is 5.56 Å². The van der Waals surface area contributed by atoms with Crippen LogP contribution in [0.2, 0.25) is 0 Å². The summed E-state index contributed by atoms with van der Waals surface area (Å²) in [6, 6.07) is 45.9. The fraction of sp³-hybridized carbons (Fsp3) is 0.0408. The van der Waals surface area contributed by atoms with E-state index in [0.717, 1.165) is 67.4 Å². The molecule has 4 heteroatoms. The summed E-state index contributed by atoms with van der Waals surface area (Å²) in [5, 5.41) is 17.2. The molecule has 1 aliphatic heterocycles. The van der Waals surface area contributed by atoms with E-state index in [4.69, 9.17) is 14.7 Å². The van der Waals surface area contributed by atoms with Crippen molar-refractivity contribution in [2.45, 2.75) is 0 Å². The predicted molar refractivity (Wildman–Crippen MR) is 214 cm³/mol. The zero-order chi connectivity index (χ0) is 35.0. The minimum atomic E-state index is -0.191. The number of rotatable bonds is 4. The Bertz CT molecular complexity index is 2930. The van der Waals surface area contributed by atoms with Crippen LogP contribution in [-0.2, 0) is 0 Å². The third kappa shape index (κ3) is 4.54. The van der Waals surface area contributed by atoms with Gasteiger partial charge in [0.05, 0.1) is 23.4 Å². The molecule has 53 heavy (non-hydrogen) atoms. The van der Waals surface area contributed by atoms with Crippen molar-refractivity contribution in [1.82, 2.24) is 9.97 Å². The van der Waals surface area contributed by atoms with Gasteiger partial charge in [-0.15, -0.1) is 0 Å². The fourth-order valence-corrected chi connectivity index (χ4v) is 8.65. The Balaban J connectivity index is 1.08. The molecule has 2 atom stereocenters. The first-order valence-corrected chi connectivity index (χ1v) is 17.9. The van der Waals surface area contributed by atoms with E-state index in [1.165, 1.54) is 37.9 Å². The average Bonchev–Trinajstić information content (AvgIpc) is 3.23. The maximum absolute atomic E-state index is 9.80. The van der Waals surface area contributed by atoms with E-state index in [-0.39, 0.29) is 11.8 Å². The van der Waals surface area contributed by atoms with E-state index in [0.29, 0.717) is 0 Å². The number of nitrogens with zero attached hydrogens (tertiary/aromatic N) is 3. The Labute approximate surface area is 306 Å². The van der Waals surface area contributed by atoms with E-state index in [1.807, 2.05) is 54.9 Å². The highest BCUT2D eigenvalue weighted by Crippen LogP contribution is 2.50. The molecule has 11 rings (SSSR count). The first-order chi connectivity index (χ1) is 26.2. The van der Waals surface area contributed by atoms with Crippen molar-refractivity contribution in [3.8, 4) is 56.6 Å². The van der Waals surface area contributed by atoms with E-state index in [1.54, 1.807) is 0 Å². The van der Waals surface area contributed by atoms with Crippen LogP contribution in [0.4, 0.5) is 0 Å². The first-order valence-electron chi connectivity index (χ1n) is 17.9. The molecule has 2 aliphatic carbocycles. The molecule has 3 heterocycles. The normalized spacial score (nSPS) is 17.1. The molecule has 0 saturated carbocycles. The van der Waals surface area contributed by atoms with Gasteiger partial charge in [0.25, 0.3) is 0 Å². The molecule has 0 fully saturated rings. The van der Waals surface area contributed by atoms with Gasteiger partial charge in [-0.05, 0) is 115 Å². The van der Waals surface area contributed by atoms with Crippen LogP contribution in [0, 0.1) is 23.2 Å². The molecule has 8 aromatic rings. The SMILES string of the molecule is N#CC1C=CC2=C3C(=CC=CC31)Oc1cc(-c3ccc4ccc5c(-c6cc(-c7ccccn7)cc(-c7ccccn7)c6)ccc6ccc3c4c65)ccc12. The summed E-state index contributed by atoms with van der Waals surface area (Å²) in [4.78, 5) is 9.40. The number of benzene rings is 6. The Kier molecular flexibility index (Phi) is 6.41. The van der Waals surface area contributed by atoms with Crippen molar-refractivity contribution in [2.24, 2.45) is 11.8 Å². The summed E-state index contributed by atoms with van der Waals surface area (Å²) in [6.45, 7) is 0. The monoisotopic (exact) mass is 675 g/mol. The van der Waals surface area contributed by atoms with Gasteiger partial charge in [-0.2, -0.15) is 5.26 Å². The average molecular weight is 676 g/mol. The smallest absolute Gasteiger partial charge is 0.135 e. The highest BCUT2D eigenvalue weighted by molar-refractivity contribution is 6.27. The van der Waals surface area contributed by atoms with E-state index < -0.39 is 0 Å². The quantitative estimate of drug-likeness (QED) is 0.174. The van der Waals surface area contributed by atoms with Gasteiger partial charge in [-0.1, -0.05) is 97.1 Å². The summed E-state index contributed by atoms with van der Waals surface area (Å²) in [5.41, 5.74) is 11.8. The van der Waals surface area contributed by atoms with Gasteiger partial charge in [0.1, 0.15) is 11.5 Å². The molecule has 0 N–H and O–H groups in total. The molecule has 246 valence electrons. The summed E-state index contributed by atoms with van der Waals surface area (Å²) in [5.74, 6) is 1.49. The molecule has 0 bridgehead atoms. The lowest BCUT2D eigenvalue weighted by Gasteiger charge is -2.34. The number of nitriles is 1. The van der Waals surface area contributed by atoms with Gasteiger partial charge in [0.2, 0.25) is 0 Å². The van der Waals surface area contributed by atoms with Crippen LogP contribution in [-0.4, -0.2) is 9.97 Å². The zero-order valence-electron chi connectivity index (χ0n) is 28.5. The highest BCUT2D eigenvalue weighted by atomic mass is 16.5. The summed E-state index contributed by atoms with van der Waals surface area (Å²) < 4.78 is 6.60. The highest BCUT2D eigenvalue weighted by Gasteiger charge is 2.35. The fourth-order valence-electron chi connectivity index (χ4n) is 8.65. The lowest BCUT2D eigenvalue weighted by molar-refractivity contribution is 0.409. The molecule has 0 radical (unpaired) electrons. The maximum atomic E-state index is 9.80. The lowest BCUT2D eigenvalue weighted by Crippen LogP contribution is -2.24. The third-order valence-electron chi connectivity index (χ3n) is 11.1. The molecular weight excluding hydrogens is 647 g/mol. The zero-order valence-corrected chi connectivity index (χ0v) is 28.5. The second-order valence-corrected chi connectivity index (χ2v) is 14.0. The van der Waals surface area contributed by atoms with Gasteiger partial charge < -0.3 is 4.74 Å². The van der Waals surface area contributed by atoms with Gasteiger partial charge in [-0.3, -0.25) is 9.97 Å². The number of allylic oxidation sites excluding steroid dienone is 7. The van der Waals surface area contributed by atoms with Gasteiger partial charge in [0.15, 0.2) is 0 Å². The van der Waals surface area contributed by atoms with Crippen molar-refractivity contribution >= 4 is 37.9 Å². The molecule has 2 unspecified atom stereocenters. The number of ether oxygens (including phenoxy) is 1. The number of hydrogen-bond acceptors (Lipinski definition) is 4. The van der Waals surface area contributed by atoms with Gasteiger partial charge in [0, 0.05) is 40.6 Å². The van der Waals surface area contributed by atoms with Crippen LogP contribution < -0.4 is 4.74 Å². The van der Waals surface area contributed by atoms with Crippen molar-refractivity contribution in [2.75, 3.05) is 0 Å². The van der Waals surface area contributed by atoms with Crippen LogP contribution >= 0.6 is 0 Å². The first kappa shape index (κ1) is 29.6. The Morgan fingerprint density at radius 1 is 0.585 bits per heavy atom. The van der Waals surface area contributed by atoms with Crippen molar-refractivity contribution in [1.29, 1.82) is 5.26 Å². The van der Waals surface area contributed by atoms with Crippen LogP contribution in [0.15, 0.2) is 175 Å². The van der Waals surface area contributed by atoms with Gasteiger partial charge in [-0.25, -0.2) is 0 Å². The van der Waals surface area contributed by atoms with Crippen molar-refractivity contribution < 1.29 is 4.74 Å². The van der Waals surface area contributed by atoms with E-state index in [9.17, 15) is 5.26 Å². The minimum Gasteiger partial charge on any atom is -0.456 e. The second kappa shape index (κ2) is 11.5. The summed E-state index contributed by atoms with van der Waals surface area (Å²) in [6.07, 6.45) is 14.0. The number of fused-ring (bicyclic) bond motifs is 2. The van der Waals surface area contributed by atoms with E-state index >= 15 is 0 Å². The van der Waals surface area contributed by atoms with Crippen LogP contribution in [0.5, 0.6) is 5.75 Å². The van der Waals surface area contributed by atoms with Crippen LogP contribution in [0.25, 0.3) is 82.7 Å². The maximum Gasteiger partial charge on any atom is 0.135 e. The number of aromatic nitrogens is 2. The Morgan fingerprint density at radius 2 is 1.21 bits per heavy atom. The van der Waals surface area contributed by atoms with Gasteiger partial charge >= 0.3 is 0 Å². The molecule has 3 aliphatic rings. The number of pyridine rings is 2. The molecule has 0 amide bonds. The van der Waals surface area contributed by atoms with E-state index in [2.05, 4.69) is 115 Å². The predicted octanol–water partition coefficient (Wildman–Crippen LogP) is 12.0. The summed E-state index contributed by atoms with van der Waals surface area (Å²) >= 11 is 0. The van der Waals surface area contributed by atoms with Crippen molar-refractivity contribution in [3.63, 3.8) is 0 Å². The lowest BCUT2D eigenvalue weighted by atomic mass is 9.74. The Morgan fingerprint density at radius 3 is 1.85 bits per heavy atom. The van der Waals surface area contributed by atoms with Crippen LogP contribution in [0.3, 0.4) is 0 Å². The molecule has 4 nitrogen and oxygen atoms in total. The molecule has 0 saturated heterocycles. The molecular formula is C49H29N3O. The molecule has 0 spiro atoms. The second-order valence-electron chi connectivity index (χ2n) is 14.0. The standard InChI is InChI=1S/C49H29N3O/c50-28-32-15-21-42-39-18-14-31(27-46(39)53-45-9-5-6-38(32)49(42)45)36-16-10-29-13-20-41-37(17-11-30-12-19-40(36)47(29)48(30)41)33-24-34(43-7-1-3-22-51-43)26-35(25-33)44-8-2-4-23-52-44/h1-27,32,38H. The Hall–Kier alpha value is -7.09. The number of hydrogen-bond donors (Lipinski definition) is 0. The largest absolute Gasteiger partial charge is 0.456 e. The summed E-state index contributed by atoms with van der Waals surface area (Å²) in [7, 11) is 0. The minimum absolute atomic E-state index is 0.00866. The molecule has 6 aromatic carbocycles. The topological polar surface area (TPSA) is 58.8 Å². The van der Waals surface area contributed by atoms with Crippen molar-refractivity contribution in [3.05, 3.63) is 181 Å². The third-order valence-corrected chi connectivity index (χ3v) is 11.1. The molecule has 2 aromatic heterocycles.